The standard InChI is InChI=1S/C15H23BrN2/c1-11-15(12(2)18(3)17-11)9-14(10-16)13-7-5-4-6-8-13/h9,13H,4-8,10H2,1-3H3. The van der Waals surface area contributed by atoms with Crippen LogP contribution in [0.5, 0.6) is 0 Å². The van der Waals surface area contributed by atoms with E-state index < -0.39 is 0 Å². The van der Waals surface area contributed by atoms with E-state index in [0.717, 1.165) is 16.9 Å². The molecule has 1 aromatic rings. The van der Waals surface area contributed by atoms with Crippen LogP contribution >= 0.6 is 15.9 Å². The number of hydrogen-bond donors (Lipinski definition) is 0. The van der Waals surface area contributed by atoms with E-state index >= 15 is 0 Å². The van der Waals surface area contributed by atoms with E-state index in [2.05, 4.69) is 41.0 Å². The first-order valence-electron chi connectivity index (χ1n) is 6.90. The second-order valence-corrected chi connectivity index (χ2v) is 5.96. The molecule has 2 nitrogen and oxygen atoms in total. The number of hydrogen-bond acceptors (Lipinski definition) is 1. The highest BCUT2D eigenvalue weighted by atomic mass is 79.9. The summed E-state index contributed by atoms with van der Waals surface area (Å²) in [4.78, 5) is 0. The maximum Gasteiger partial charge on any atom is 0.0668 e. The minimum Gasteiger partial charge on any atom is -0.272 e. The number of aryl methyl sites for hydroxylation is 2. The van der Waals surface area contributed by atoms with Crippen molar-refractivity contribution < 1.29 is 0 Å². The van der Waals surface area contributed by atoms with E-state index in [0.29, 0.717) is 0 Å². The summed E-state index contributed by atoms with van der Waals surface area (Å²) < 4.78 is 1.98. The second-order valence-electron chi connectivity index (χ2n) is 5.40. The van der Waals surface area contributed by atoms with E-state index in [4.69, 9.17) is 0 Å². The Kier molecular flexibility index (Phi) is 4.66. The fraction of sp³-hybridized carbons (Fsp3) is 0.667. The average molecular weight is 311 g/mol. The van der Waals surface area contributed by atoms with E-state index in [1.54, 1.807) is 5.57 Å². The van der Waals surface area contributed by atoms with Gasteiger partial charge in [0.1, 0.15) is 0 Å². The topological polar surface area (TPSA) is 17.8 Å². The molecule has 100 valence electrons. The SMILES string of the molecule is Cc1nn(C)c(C)c1C=C(CBr)C1CCCCC1. The van der Waals surface area contributed by atoms with Gasteiger partial charge in [0, 0.05) is 23.6 Å². The van der Waals surface area contributed by atoms with Crippen molar-refractivity contribution >= 4 is 22.0 Å². The molecule has 0 saturated heterocycles. The van der Waals surface area contributed by atoms with Gasteiger partial charge in [-0.2, -0.15) is 5.10 Å². The van der Waals surface area contributed by atoms with Gasteiger partial charge >= 0.3 is 0 Å². The van der Waals surface area contributed by atoms with Gasteiger partial charge in [-0.15, -0.1) is 0 Å². The van der Waals surface area contributed by atoms with Crippen LogP contribution in [0.25, 0.3) is 6.08 Å². The monoisotopic (exact) mass is 310 g/mol. The zero-order chi connectivity index (χ0) is 13.1. The Morgan fingerprint density at radius 2 is 2.00 bits per heavy atom. The van der Waals surface area contributed by atoms with Crippen LogP contribution in [0.4, 0.5) is 0 Å². The van der Waals surface area contributed by atoms with Crippen LogP contribution in [0.1, 0.15) is 49.1 Å². The molecule has 1 heterocycles. The van der Waals surface area contributed by atoms with Gasteiger partial charge in [0.2, 0.25) is 0 Å². The van der Waals surface area contributed by atoms with E-state index in [9.17, 15) is 0 Å². The predicted molar refractivity (Wildman–Crippen MR) is 81.0 cm³/mol. The molecule has 0 radical (unpaired) electrons. The first-order chi connectivity index (χ1) is 8.63. The molecular formula is C15H23BrN2. The van der Waals surface area contributed by atoms with Crippen LogP contribution in [0.2, 0.25) is 0 Å². The number of nitrogens with zero attached hydrogens (tertiary/aromatic N) is 2. The molecule has 2 rings (SSSR count). The third kappa shape index (κ3) is 2.87. The number of alkyl halides is 1. The van der Waals surface area contributed by atoms with Gasteiger partial charge in [-0.1, -0.05) is 46.8 Å². The van der Waals surface area contributed by atoms with Gasteiger partial charge in [0.15, 0.2) is 0 Å². The van der Waals surface area contributed by atoms with E-state index in [1.807, 2.05) is 11.7 Å². The van der Waals surface area contributed by atoms with Crippen LogP contribution in [0.15, 0.2) is 5.57 Å². The lowest BCUT2D eigenvalue weighted by atomic mass is 9.83. The highest BCUT2D eigenvalue weighted by molar-refractivity contribution is 9.09. The number of allylic oxidation sites excluding steroid dienone is 1. The van der Waals surface area contributed by atoms with Crippen molar-refractivity contribution in [2.75, 3.05) is 5.33 Å². The third-order valence-electron chi connectivity index (χ3n) is 4.18. The van der Waals surface area contributed by atoms with Crippen LogP contribution in [-0.2, 0) is 7.05 Å². The molecule has 0 atom stereocenters. The van der Waals surface area contributed by atoms with Crippen molar-refractivity contribution in [2.24, 2.45) is 13.0 Å². The van der Waals surface area contributed by atoms with Crippen LogP contribution in [0.3, 0.4) is 0 Å². The molecule has 1 aliphatic rings. The van der Waals surface area contributed by atoms with Crippen molar-refractivity contribution in [3.63, 3.8) is 0 Å². The van der Waals surface area contributed by atoms with E-state index in [-0.39, 0.29) is 0 Å². The van der Waals surface area contributed by atoms with Gasteiger partial charge in [0.25, 0.3) is 0 Å². The Bertz CT molecular complexity index is 440. The van der Waals surface area contributed by atoms with Crippen molar-refractivity contribution in [1.29, 1.82) is 0 Å². The molecule has 0 N–H and O–H groups in total. The predicted octanol–water partition coefficient (Wildman–Crippen LogP) is 4.40. The zero-order valence-electron chi connectivity index (χ0n) is 11.7. The molecule has 18 heavy (non-hydrogen) atoms. The molecule has 0 bridgehead atoms. The summed E-state index contributed by atoms with van der Waals surface area (Å²) in [6.07, 6.45) is 9.28. The van der Waals surface area contributed by atoms with Crippen LogP contribution in [-0.4, -0.2) is 15.1 Å². The third-order valence-corrected chi connectivity index (χ3v) is 4.83. The highest BCUT2D eigenvalue weighted by Gasteiger charge is 2.18. The van der Waals surface area contributed by atoms with Gasteiger partial charge in [-0.3, -0.25) is 4.68 Å². The molecular weight excluding hydrogens is 288 g/mol. The van der Waals surface area contributed by atoms with Gasteiger partial charge in [-0.05, 0) is 32.6 Å². The average Bonchev–Trinajstić information content (AvgIpc) is 2.62. The molecule has 0 aliphatic heterocycles. The largest absolute Gasteiger partial charge is 0.272 e. The Morgan fingerprint density at radius 3 is 2.50 bits per heavy atom. The summed E-state index contributed by atoms with van der Waals surface area (Å²) >= 11 is 3.67. The molecule has 3 heteroatoms. The maximum absolute atomic E-state index is 4.50. The van der Waals surface area contributed by atoms with Gasteiger partial charge in [-0.25, -0.2) is 0 Å². The fourth-order valence-electron chi connectivity index (χ4n) is 2.92. The van der Waals surface area contributed by atoms with E-state index in [1.165, 1.54) is 43.4 Å². The fourth-order valence-corrected chi connectivity index (χ4v) is 3.54. The van der Waals surface area contributed by atoms with Crippen molar-refractivity contribution in [3.05, 3.63) is 22.5 Å². The minimum atomic E-state index is 0.775. The normalized spacial score (nSPS) is 18.3. The molecule has 0 aromatic carbocycles. The Labute approximate surface area is 119 Å². The number of halogens is 1. The van der Waals surface area contributed by atoms with Crippen LogP contribution < -0.4 is 0 Å². The highest BCUT2D eigenvalue weighted by Crippen LogP contribution is 2.32. The summed E-state index contributed by atoms with van der Waals surface area (Å²) in [6.45, 7) is 4.25. The van der Waals surface area contributed by atoms with Crippen molar-refractivity contribution in [3.8, 4) is 0 Å². The summed E-state index contributed by atoms with van der Waals surface area (Å²) in [7, 11) is 2.02. The molecule has 0 unspecified atom stereocenters. The number of rotatable bonds is 3. The Balaban J connectivity index is 2.27. The van der Waals surface area contributed by atoms with Crippen molar-refractivity contribution in [1.82, 2.24) is 9.78 Å². The summed E-state index contributed by atoms with van der Waals surface area (Å²) in [6, 6.07) is 0. The van der Waals surface area contributed by atoms with Gasteiger partial charge in [0.05, 0.1) is 5.69 Å². The molecule has 0 amide bonds. The summed E-state index contributed by atoms with van der Waals surface area (Å²) in [5.74, 6) is 0.775. The molecule has 1 aromatic heterocycles. The van der Waals surface area contributed by atoms with Crippen LogP contribution in [0, 0.1) is 19.8 Å². The summed E-state index contributed by atoms with van der Waals surface area (Å²) in [5.41, 5.74) is 5.28. The van der Waals surface area contributed by atoms with Gasteiger partial charge < -0.3 is 0 Å². The lowest BCUT2D eigenvalue weighted by Gasteiger charge is -2.23. The Morgan fingerprint density at radius 1 is 1.33 bits per heavy atom. The minimum absolute atomic E-state index is 0.775. The lowest BCUT2D eigenvalue weighted by Crippen LogP contribution is -2.10. The molecule has 1 fully saturated rings. The summed E-state index contributed by atoms with van der Waals surface area (Å²) in [5, 5.41) is 5.49. The molecule has 0 spiro atoms. The molecule has 1 aliphatic carbocycles. The maximum atomic E-state index is 4.50. The van der Waals surface area contributed by atoms with Crippen molar-refractivity contribution in [2.45, 2.75) is 46.0 Å². The second kappa shape index (κ2) is 6.05. The number of aromatic nitrogens is 2. The zero-order valence-corrected chi connectivity index (χ0v) is 13.3. The quantitative estimate of drug-likeness (QED) is 0.757. The molecule has 1 saturated carbocycles. The smallest absolute Gasteiger partial charge is 0.0668 e. The first kappa shape index (κ1) is 13.9. The lowest BCUT2D eigenvalue weighted by molar-refractivity contribution is 0.405. The first-order valence-corrected chi connectivity index (χ1v) is 8.02. The Hall–Kier alpha value is -0.570.